The number of anilines is 1. The van der Waals surface area contributed by atoms with Crippen LogP contribution in [0.15, 0.2) is 5.38 Å². The van der Waals surface area contributed by atoms with E-state index in [-0.39, 0.29) is 11.4 Å². The summed E-state index contributed by atoms with van der Waals surface area (Å²) in [7, 11) is 0. The summed E-state index contributed by atoms with van der Waals surface area (Å²) in [5.74, 6) is -0.155. The van der Waals surface area contributed by atoms with E-state index in [9.17, 15) is 4.79 Å². The molecule has 0 radical (unpaired) electrons. The Morgan fingerprint density at radius 2 is 2.21 bits per heavy atom. The van der Waals surface area contributed by atoms with E-state index in [2.05, 4.69) is 31.1 Å². The molecular formula is C14H24N2O2S. The first-order chi connectivity index (χ1) is 8.96. The number of rotatable bonds is 8. The first kappa shape index (κ1) is 16.0. The summed E-state index contributed by atoms with van der Waals surface area (Å²) in [6, 6.07) is 0. The third kappa shape index (κ3) is 6.05. The number of ether oxygens (including phenoxy) is 1. The Kier molecular flexibility index (Phi) is 6.28. The molecule has 0 aliphatic heterocycles. The molecule has 0 saturated heterocycles. The molecular weight excluding hydrogens is 260 g/mol. The highest BCUT2D eigenvalue weighted by Crippen LogP contribution is 2.22. The van der Waals surface area contributed by atoms with Crippen LogP contribution in [-0.2, 0) is 16.0 Å². The molecule has 1 aromatic heterocycles. The molecule has 0 spiro atoms. The van der Waals surface area contributed by atoms with Crippen LogP contribution in [0.5, 0.6) is 0 Å². The van der Waals surface area contributed by atoms with Gasteiger partial charge in [0.05, 0.1) is 18.7 Å². The van der Waals surface area contributed by atoms with Crippen LogP contribution < -0.4 is 5.32 Å². The van der Waals surface area contributed by atoms with Gasteiger partial charge in [-0.05, 0) is 18.8 Å². The molecule has 5 heteroatoms. The molecule has 0 amide bonds. The van der Waals surface area contributed by atoms with Gasteiger partial charge in [-0.25, -0.2) is 4.98 Å². The molecule has 0 fully saturated rings. The minimum absolute atomic E-state index is 0.155. The van der Waals surface area contributed by atoms with Crippen LogP contribution in [-0.4, -0.2) is 24.1 Å². The standard InChI is InChI=1S/C14H24N2O2S/c1-5-14(3,4)10-15-13-16-11(9-19-13)7-8-12(17)18-6-2/h9H,5-8,10H2,1-4H3,(H,15,16). The molecule has 1 N–H and O–H groups in total. The van der Waals surface area contributed by atoms with Crippen molar-refractivity contribution >= 4 is 22.4 Å². The first-order valence-electron chi connectivity index (χ1n) is 6.80. The van der Waals surface area contributed by atoms with Crippen molar-refractivity contribution in [2.24, 2.45) is 5.41 Å². The lowest BCUT2D eigenvalue weighted by Crippen LogP contribution is -2.21. The Balaban J connectivity index is 2.38. The summed E-state index contributed by atoms with van der Waals surface area (Å²) >= 11 is 1.59. The van der Waals surface area contributed by atoms with Crippen molar-refractivity contribution in [1.82, 2.24) is 4.98 Å². The van der Waals surface area contributed by atoms with Crippen molar-refractivity contribution in [3.63, 3.8) is 0 Å². The second-order valence-electron chi connectivity index (χ2n) is 5.32. The summed E-state index contributed by atoms with van der Waals surface area (Å²) in [6.07, 6.45) is 2.17. The zero-order chi connectivity index (χ0) is 14.3. The topological polar surface area (TPSA) is 51.2 Å². The number of carbonyl (C=O) groups is 1. The lowest BCUT2D eigenvalue weighted by atomic mass is 9.90. The first-order valence-corrected chi connectivity index (χ1v) is 7.68. The van der Waals surface area contributed by atoms with E-state index in [1.54, 1.807) is 11.3 Å². The summed E-state index contributed by atoms with van der Waals surface area (Å²) in [5, 5.41) is 6.29. The molecule has 1 heterocycles. The summed E-state index contributed by atoms with van der Waals surface area (Å²) in [5.41, 5.74) is 1.23. The van der Waals surface area contributed by atoms with Gasteiger partial charge in [-0.15, -0.1) is 11.3 Å². The van der Waals surface area contributed by atoms with Crippen LogP contribution in [0.25, 0.3) is 0 Å². The molecule has 108 valence electrons. The second kappa shape index (κ2) is 7.48. The maximum absolute atomic E-state index is 11.3. The second-order valence-corrected chi connectivity index (χ2v) is 6.18. The quantitative estimate of drug-likeness (QED) is 0.742. The highest BCUT2D eigenvalue weighted by atomic mass is 32.1. The van der Waals surface area contributed by atoms with Crippen molar-refractivity contribution < 1.29 is 9.53 Å². The minimum atomic E-state index is -0.155. The molecule has 0 aliphatic carbocycles. The van der Waals surface area contributed by atoms with Crippen LogP contribution in [0.3, 0.4) is 0 Å². The van der Waals surface area contributed by atoms with Crippen LogP contribution in [0.2, 0.25) is 0 Å². The number of esters is 1. The van der Waals surface area contributed by atoms with Gasteiger partial charge in [-0.3, -0.25) is 4.79 Å². The molecule has 0 atom stereocenters. The van der Waals surface area contributed by atoms with E-state index in [1.807, 2.05) is 12.3 Å². The van der Waals surface area contributed by atoms with E-state index in [4.69, 9.17) is 4.74 Å². The van der Waals surface area contributed by atoms with E-state index in [0.29, 0.717) is 19.4 Å². The Labute approximate surface area is 119 Å². The predicted octanol–water partition coefficient (Wildman–Crippen LogP) is 3.49. The van der Waals surface area contributed by atoms with Crippen molar-refractivity contribution in [2.75, 3.05) is 18.5 Å². The molecule has 0 bridgehead atoms. The summed E-state index contributed by atoms with van der Waals surface area (Å²) < 4.78 is 4.90. The molecule has 1 rings (SSSR count). The molecule has 4 nitrogen and oxygen atoms in total. The average molecular weight is 284 g/mol. The number of nitrogens with one attached hydrogen (secondary N) is 1. The maximum Gasteiger partial charge on any atom is 0.306 e. The SMILES string of the molecule is CCOC(=O)CCc1csc(NCC(C)(C)CC)n1. The van der Waals surface area contributed by atoms with Gasteiger partial charge < -0.3 is 10.1 Å². The van der Waals surface area contributed by atoms with Gasteiger partial charge in [0.15, 0.2) is 5.13 Å². The van der Waals surface area contributed by atoms with Gasteiger partial charge in [-0.1, -0.05) is 20.8 Å². The number of hydrogen-bond donors (Lipinski definition) is 1. The smallest absolute Gasteiger partial charge is 0.306 e. The lowest BCUT2D eigenvalue weighted by Gasteiger charge is -2.22. The third-order valence-corrected chi connectivity index (χ3v) is 3.97. The molecule has 0 aliphatic rings. The van der Waals surface area contributed by atoms with Crippen molar-refractivity contribution in [2.45, 2.75) is 47.0 Å². The van der Waals surface area contributed by atoms with Crippen LogP contribution >= 0.6 is 11.3 Å². The van der Waals surface area contributed by atoms with Crippen molar-refractivity contribution in [3.05, 3.63) is 11.1 Å². The van der Waals surface area contributed by atoms with Gasteiger partial charge in [-0.2, -0.15) is 0 Å². The largest absolute Gasteiger partial charge is 0.466 e. The van der Waals surface area contributed by atoms with Crippen LogP contribution in [0.1, 0.15) is 46.2 Å². The third-order valence-electron chi connectivity index (χ3n) is 3.12. The van der Waals surface area contributed by atoms with Gasteiger partial charge in [0, 0.05) is 18.3 Å². The Morgan fingerprint density at radius 1 is 1.47 bits per heavy atom. The fraction of sp³-hybridized carbons (Fsp3) is 0.714. The zero-order valence-corrected chi connectivity index (χ0v) is 13.1. The van der Waals surface area contributed by atoms with Crippen LogP contribution in [0, 0.1) is 5.41 Å². The van der Waals surface area contributed by atoms with Gasteiger partial charge in [0.2, 0.25) is 0 Å². The number of aryl methyl sites for hydroxylation is 1. The van der Waals surface area contributed by atoms with Crippen molar-refractivity contribution in [1.29, 1.82) is 0 Å². The fourth-order valence-electron chi connectivity index (χ4n) is 1.41. The van der Waals surface area contributed by atoms with Crippen LogP contribution in [0.4, 0.5) is 5.13 Å². The molecule has 1 aromatic rings. The van der Waals surface area contributed by atoms with Crippen molar-refractivity contribution in [3.8, 4) is 0 Å². The molecule has 0 unspecified atom stereocenters. The molecule has 0 saturated carbocycles. The van der Waals surface area contributed by atoms with E-state index < -0.39 is 0 Å². The summed E-state index contributed by atoms with van der Waals surface area (Å²) in [4.78, 5) is 15.7. The van der Waals surface area contributed by atoms with Gasteiger partial charge in [0.1, 0.15) is 0 Å². The Morgan fingerprint density at radius 3 is 2.84 bits per heavy atom. The Bertz CT molecular complexity index is 402. The number of nitrogens with zero attached hydrogens (tertiary/aromatic N) is 1. The van der Waals surface area contributed by atoms with Gasteiger partial charge in [0.25, 0.3) is 0 Å². The normalized spacial score (nSPS) is 11.4. The zero-order valence-electron chi connectivity index (χ0n) is 12.3. The number of carbonyl (C=O) groups excluding carboxylic acids is 1. The monoisotopic (exact) mass is 284 g/mol. The molecule has 19 heavy (non-hydrogen) atoms. The highest BCUT2D eigenvalue weighted by Gasteiger charge is 2.15. The van der Waals surface area contributed by atoms with E-state index >= 15 is 0 Å². The predicted molar refractivity (Wildman–Crippen MR) is 79.6 cm³/mol. The van der Waals surface area contributed by atoms with E-state index in [0.717, 1.165) is 23.8 Å². The van der Waals surface area contributed by atoms with E-state index in [1.165, 1.54) is 0 Å². The number of hydrogen-bond acceptors (Lipinski definition) is 5. The highest BCUT2D eigenvalue weighted by molar-refractivity contribution is 7.13. The number of thiazole rings is 1. The average Bonchev–Trinajstić information content (AvgIpc) is 2.83. The fourth-order valence-corrected chi connectivity index (χ4v) is 2.15. The molecule has 0 aromatic carbocycles. The Hall–Kier alpha value is -1.10. The maximum atomic E-state index is 11.3. The number of aromatic nitrogens is 1. The summed E-state index contributed by atoms with van der Waals surface area (Å²) in [6.45, 7) is 9.82. The lowest BCUT2D eigenvalue weighted by molar-refractivity contribution is -0.143. The van der Waals surface area contributed by atoms with Gasteiger partial charge >= 0.3 is 5.97 Å². The minimum Gasteiger partial charge on any atom is -0.466 e.